The van der Waals surface area contributed by atoms with Gasteiger partial charge in [0.2, 0.25) is 9.84 Å². The maximum absolute atomic E-state index is 12.6. The maximum Gasteiger partial charge on any atom is 0.206 e. The van der Waals surface area contributed by atoms with Crippen LogP contribution in [0.25, 0.3) is 0 Å². The van der Waals surface area contributed by atoms with E-state index in [1.54, 1.807) is 42.5 Å². The van der Waals surface area contributed by atoms with Crippen LogP contribution in [0.2, 0.25) is 0 Å². The molecule has 0 saturated carbocycles. The van der Waals surface area contributed by atoms with Gasteiger partial charge in [0, 0.05) is 6.04 Å². The largest absolute Gasteiger partial charge is 0.326 e. The van der Waals surface area contributed by atoms with Gasteiger partial charge in [0.1, 0.15) is 0 Å². The Hall–Kier alpha value is -1.89. The molecule has 0 amide bonds. The van der Waals surface area contributed by atoms with Crippen LogP contribution in [0, 0.1) is 0 Å². The van der Waals surface area contributed by atoms with Gasteiger partial charge in [-0.2, -0.15) is 0 Å². The molecule has 5 nitrogen and oxygen atoms in total. The third-order valence-corrected chi connectivity index (χ3v) is 5.35. The van der Waals surface area contributed by atoms with Crippen molar-refractivity contribution < 1.29 is 13.6 Å². The molecule has 3 N–H and O–H groups in total. The summed E-state index contributed by atoms with van der Waals surface area (Å²) in [6.07, 6.45) is 0.546. The molecule has 0 saturated heterocycles. The Kier molecular flexibility index (Phi) is 3.44. The number of hydrogen-bond donors (Lipinski definition) is 2. The zero-order valence-corrected chi connectivity index (χ0v) is 12.1. The van der Waals surface area contributed by atoms with Crippen LogP contribution >= 0.6 is 0 Å². The molecule has 2 aromatic rings. The monoisotopic (exact) mass is 304 g/mol. The van der Waals surface area contributed by atoms with E-state index >= 15 is 0 Å². The number of nitrogens with zero attached hydrogens (tertiary/aromatic N) is 1. The van der Waals surface area contributed by atoms with E-state index in [9.17, 15) is 13.6 Å². The van der Waals surface area contributed by atoms with Crippen LogP contribution in [0.4, 0.5) is 5.69 Å². The second-order valence-electron chi connectivity index (χ2n) is 5.15. The minimum Gasteiger partial charge on any atom is -0.326 e. The molecular formula is C15H16N2O3S. The van der Waals surface area contributed by atoms with Crippen molar-refractivity contribution in [2.75, 3.05) is 11.6 Å². The van der Waals surface area contributed by atoms with Crippen molar-refractivity contribution in [3.63, 3.8) is 0 Å². The summed E-state index contributed by atoms with van der Waals surface area (Å²) in [5.41, 5.74) is 7.22. The van der Waals surface area contributed by atoms with Crippen LogP contribution < -0.4 is 10.8 Å². The molecule has 0 unspecified atom stereocenters. The molecule has 3 rings (SSSR count). The predicted molar refractivity (Wildman–Crippen MR) is 79.1 cm³/mol. The van der Waals surface area contributed by atoms with E-state index in [-0.39, 0.29) is 15.8 Å². The van der Waals surface area contributed by atoms with Gasteiger partial charge >= 0.3 is 0 Å². The first kappa shape index (κ1) is 14.1. The van der Waals surface area contributed by atoms with Gasteiger partial charge in [-0.25, -0.2) is 8.42 Å². The topological polar surface area (TPSA) is 83.6 Å². The van der Waals surface area contributed by atoms with E-state index in [0.29, 0.717) is 18.7 Å². The minimum absolute atomic E-state index is 0.211. The molecule has 0 radical (unpaired) electrons. The predicted octanol–water partition coefficient (Wildman–Crippen LogP) is 1.60. The van der Waals surface area contributed by atoms with Crippen LogP contribution in [-0.2, 0) is 16.3 Å². The summed E-state index contributed by atoms with van der Waals surface area (Å²) in [5.74, 6) is 0. The van der Waals surface area contributed by atoms with Crippen molar-refractivity contribution in [3.05, 3.63) is 54.1 Å². The molecule has 1 aliphatic rings. The Bertz CT molecular complexity index is 760. The fraction of sp³-hybridized carbons (Fsp3) is 0.200. The van der Waals surface area contributed by atoms with E-state index in [1.165, 1.54) is 6.07 Å². The van der Waals surface area contributed by atoms with Crippen molar-refractivity contribution in [2.45, 2.75) is 22.3 Å². The van der Waals surface area contributed by atoms with Crippen LogP contribution in [0.3, 0.4) is 0 Å². The number of hydrogen-bond acceptors (Lipinski definition) is 5. The SMILES string of the molecule is N[C@H]1Cc2cc(S(=O)(=O)c3ccccc3)ccc2N(O)C1. The molecule has 0 aromatic heterocycles. The van der Waals surface area contributed by atoms with Gasteiger partial charge in [-0.15, -0.1) is 0 Å². The average molecular weight is 304 g/mol. The average Bonchev–Trinajstić information content (AvgIpc) is 2.47. The summed E-state index contributed by atoms with van der Waals surface area (Å²) in [5, 5.41) is 10.9. The van der Waals surface area contributed by atoms with Crippen molar-refractivity contribution in [1.82, 2.24) is 0 Å². The first-order valence-corrected chi connectivity index (χ1v) is 8.12. The van der Waals surface area contributed by atoms with E-state index in [0.717, 1.165) is 10.6 Å². The number of benzene rings is 2. The minimum atomic E-state index is -3.55. The Morgan fingerprint density at radius 2 is 1.81 bits per heavy atom. The van der Waals surface area contributed by atoms with Gasteiger partial charge in [-0.05, 0) is 42.3 Å². The standard InChI is InChI=1S/C15H16N2O3S/c16-12-8-11-9-14(6-7-15(11)17(18)10-12)21(19,20)13-4-2-1-3-5-13/h1-7,9,12,18H,8,10,16H2/t12-/m0/s1. The van der Waals surface area contributed by atoms with Crippen molar-refractivity contribution in [3.8, 4) is 0 Å². The van der Waals surface area contributed by atoms with Crippen molar-refractivity contribution in [2.24, 2.45) is 5.73 Å². The number of hydroxylamine groups is 1. The highest BCUT2D eigenvalue weighted by Gasteiger charge is 2.24. The molecule has 0 fully saturated rings. The highest BCUT2D eigenvalue weighted by atomic mass is 32.2. The fourth-order valence-electron chi connectivity index (χ4n) is 2.55. The number of anilines is 1. The number of rotatable bonds is 2. The van der Waals surface area contributed by atoms with E-state index in [4.69, 9.17) is 5.73 Å². The third-order valence-electron chi connectivity index (χ3n) is 3.58. The molecule has 1 heterocycles. The molecule has 0 aliphatic carbocycles. The summed E-state index contributed by atoms with van der Waals surface area (Å²) in [6.45, 7) is 0.345. The molecule has 110 valence electrons. The maximum atomic E-state index is 12.6. The third kappa shape index (κ3) is 2.53. The van der Waals surface area contributed by atoms with Gasteiger partial charge in [0.15, 0.2) is 0 Å². The molecule has 1 atom stereocenters. The number of sulfone groups is 1. The Morgan fingerprint density at radius 1 is 1.10 bits per heavy atom. The highest BCUT2D eigenvalue weighted by molar-refractivity contribution is 7.91. The molecule has 0 spiro atoms. The summed E-state index contributed by atoms with van der Waals surface area (Å²) in [4.78, 5) is 0.473. The summed E-state index contributed by atoms with van der Waals surface area (Å²) < 4.78 is 25.2. The molecule has 2 aromatic carbocycles. The van der Waals surface area contributed by atoms with Crippen LogP contribution in [0.15, 0.2) is 58.3 Å². The zero-order valence-electron chi connectivity index (χ0n) is 11.3. The van der Waals surface area contributed by atoms with E-state index < -0.39 is 9.84 Å². The van der Waals surface area contributed by atoms with Crippen molar-refractivity contribution in [1.29, 1.82) is 0 Å². The summed E-state index contributed by atoms with van der Waals surface area (Å²) in [6, 6.07) is 12.8. The van der Waals surface area contributed by atoms with E-state index in [2.05, 4.69) is 0 Å². The summed E-state index contributed by atoms with van der Waals surface area (Å²) >= 11 is 0. The van der Waals surface area contributed by atoms with Gasteiger partial charge in [0.25, 0.3) is 0 Å². The lowest BCUT2D eigenvalue weighted by atomic mass is 10.0. The Labute approximate surface area is 123 Å². The molecule has 1 aliphatic heterocycles. The first-order chi connectivity index (χ1) is 9.98. The zero-order chi connectivity index (χ0) is 15.0. The fourth-order valence-corrected chi connectivity index (χ4v) is 3.88. The molecule has 21 heavy (non-hydrogen) atoms. The van der Waals surface area contributed by atoms with E-state index in [1.807, 2.05) is 0 Å². The highest BCUT2D eigenvalue weighted by Crippen LogP contribution is 2.30. The molecule has 6 heteroatoms. The van der Waals surface area contributed by atoms with Gasteiger partial charge < -0.3 is 5.73 Å². The molecule has 0 bridgehead atoms. The normalized spacial score (nSPS) is 18.4. The lowest BCUT2D eigenvalue weighted by Crippen LogP contribution is -2.41. The van der Waals surface area contributed by atoms with Crippen LogP contribution in [0.1, 0.15) is 5.56 Å². The first-order valence-electron chi connectivity index (χ1n) is 6.63. The second kappa shape index (κ2) is 5.14. The van der Waals surface area contributed by atoms with Gasteiger partial charge in [-0.1, -0.05) is 18.2 Å². The van der Waals surface area contributed by atoms with Crippen molar-refractivity contribution >= 4 is 15.5 Å². The molecular weight excluding hydrogens is 288 g/mol. The Balaban J connectivity index is 2.07. The Morgan fingerprint density at radius 3 is 2.52 bits per heavy atom. The second-order valence-corrected chi connectivity index (χ2v) is 7.10. The number of nitrogens with two attached hydrogens (primary N) is 1. The quantitative estimate of drug-likeness (QED) is 0.880. The smallest absolute Gasteiger partial charge is 0.206 e. The summed E-state index contributed by atoms with van der Waals surface area (Å²) in [7, 11) is -3.55. The van der Waals surface area contributed by atoms with Crippen LogP contribution in [0.5, 0.6) is 0 Å². The van der Waals surface area contributed by atoms with Gasteiger partial charge in [-0.3, -0.25) is 10.3 Å². The van der Waals surface area contributed by atoms with Gasteiger partial charge in [0.05, 0.1) is 22.0 Å². The lowest BCUT2D eigenvalue weighted by molar-refractivity contribution is 0.238. The van der Waals surface area contributed by atoms with Crippen LogP contribution in [-0.4, -0.2) is 26.2 Å². The number of fused-ring (bicyclic) bond motifs is 1. The lowest BCUT2D eigenvalue weighted by Gasteiger charge is -2.29.